The van der Waals surface area contributed by atoms with Gasteiger partial charge in [0.15, 0.2) is 0 Å². The minimum absolute atomic E-state index is 0.0709. The first-order chi connectivity index (χ1) is 8.38. The average molecular weight is 298 g/mol. The summed E-state index contributed by atoms with van der Waals surface area (Å²) in [4.78, 5) is 32.0. The third kappa shape index (κ3) is 7.25. The van der Waals surface area contributed by atoms with Crippen LogP contribution in [-0.2, 0) is 14.3 Å². The fourth-order valence-electron chi connectivity index (χ4n) is 0.685. The largest absolute Gasteiger partial charge is 0.480 e. The Morgan fingerprint density at radius 3 is 2.22 bits per heavy atom. The highest BCUT2D eigenvalue weighted by molar-refractivity contribution is 8.76. The number of amides is 1. The lowest BCUT2D eigenvalue weighted by atomic mass is 10.3. The Bertz CT molecular complexity index is 314. The van der Waals surface area contributed by atoms with E-state index in [0.717, 1.165) is 28.7 Å². The highest BCUT2D eigenvalue weighted by Crippen LogP contribution is 2.22. The van der Waals surface area contributed by atoms with E-state index < -0.39 is 30.1 Å². The second-order valence-electron chi connectivity index (χ2n) is 3.04. The molecular weight excluding hydrogens is 284 g/mol. The second-order valence-corrected chi connectivity index (χ2v) is 5.59. The van der Waals surface area contributed by atoms with Crippen LogP contribution in [0.15, 0.2) is 0 Å². The number of nitrogens with two attached hydrogens (primary N) is 1. The minimum atomic E-state index is -1.20. The van der Waals surface area contributed by atoms with E-state index in [2.05, 4.69) is 10.1 Å². The quantitative estimate of drug-likeness (QED) is 0.348. The number of ether oxygens (including phenoxy) is 1. The molecule has 0 aliphatic heterocycles. The van der Waals surface area contributed by atoms with E-state index in [-0.39, 0.29) is 11.5 Å². The van der Waals surface area contributed by atoms with Gasteiger partial charge in [0.25, 0.3) is 0 Å². The number of hydrogen-bond donors (Lipinski definition) is 4. The van der Waals surface area contributed by atoms with Crippen LogP contribution in [0.1, 0.15) is 0 Å². The summed E-state index contributed by atoms with van der Waals surface area (Å²) in [5, 5.41) is 19.5. The van der Waals surface area contributed by atoms with Gasteiger partial charge < -0.3 is 26.0 Å². The van der Waals surface area contributed by atoms with Gasteiger partial charge in [0.05, 0.1) is 7.11 Å². The number of nitrogens with one attached hydrogen (secondary N) is 1. The summed E-state index contributed by atoms with van der Waals surface area (Å²) in [6.07, 6.45) is -0.838. The van der Waals surface area contributed by atoms with Crippen molar-refractivity contribution in [3.05, 3.63) is 0 Å². The van der Waals surface area contributed by atoms with E-state index >= 15 is 0 Å². The molecular formula is C8H14N2O6S2. The van der Waals surface area contributed by atoms with Crippen LogP contribution >= 0.6 is 21.6 Å². The lowest BCUT2D eigenvalue weighted by molar-refractivity contribution is -0.139. The van der Waals surface area contributed by atoms with Gasteiger partial charge in [0.1, 0.15) is 12.1 Å². The summed E-state index contributed by atoms with van der Waals surface area (Å²) in [6.45, 7) is 0. The number of methoxy groups -OCH3 is 1. The molecule has 0 saturated heterocycles. The molecule has 0 radical (unpaired) electrons. The van der Waals surface area contributed by atoms with E-state index in [9.17, 15) is 14.4 Å². The molecule has 0 unspecified atom stereocenters. The van der Waals surface area contributed by atoms with E-state index in [1.54, 1.807) is 0 Å². The topological polar surface area (TPSA) is 139 Å². The van der Waals surface area contributed by atoms with Crippen molar-refractivity contribution in [2.24, 2.45) is 5.73 Å². The van der Waals surface area contributed by atoms with Crippen molar-refractivity contribution in [3.8, 4) is 0 Å². The predicted octanol–water partition coefficient (Wildman–Crippen LogP) is -0.411. The molecule has 10 heteroatoms. The fourth-order valence-corrected chi connectivity index (χ4v) is 2.95. The number of rotatable bonds is 8. The molecule has 0 fully saturated rings. The number of hydrogen-bond acceptors (Lipinski definition) is 7. The number of alkyl carbamates (subject to hydrolysis) is 1. The van der Waals surface area contributed by atoms with Crippen molar-refractivity contribution in [3.63, 3.8) is 0 Å². The molecule has 8 nitrogen and oxygen atoms in total. The molecule has 0 spiro atoms. The Morgan fingerprint density at radius 2 is 1.78 bits per heavy atom. The van der Waals surface area contributed by atoms with Crippen LogP contribution in [0.4, 0.5) is 4.79 Å². The molecule has 0 rings (SSSR count). The highest BCUT2D eigenvalue weighted by Gasteiger charge is 2.20. The molecule has 0 aromatic heterocycles. The zero-order valence-electron chi connectivity index (χ0n) is 9.49. The molecule has 5 N–H and O–H groups in total. The smallest absolute Gasteiger partial charge is 0.407 e. The van der Waals surface area contributed by atoms with Crippen LogP contribution in [0.25, 0.3) is 0 Å². The Kier molecular flexibility index (Phi) is 8.33. The molecule has 0 aliphatic rings. The summed E-state index contributed by atoms with van der Waals surface area (Å²) in [5.41, 5.74) is 5.26. The molecule has 0 bridgehead atoms. The SMILES string of the molecule is COC(=O)N[C@@H](CSSC[C@H](N)C(=O)O)C(=O)O. The highest BCUT2D eigenvalue weighted by atomic mass is 33.1. The van der Waals surface area contributed by atoms with Gasteiger partial charge in [-0.1, -0.05) is 21.6 Å². The molecule has 18 heavy (non-hydrogen) atoms. The summed E-state index contributed by atoms with van der Waals surface area (Å²) in [6, 6.07) is -2.10. The molecule has 2 atom stereocenters. The van der Waals surface area contributed by atoms with Gasteiger partial charge >= 0.3 is 18.0 Å². The monoisotopic (exact) mass is 298 g/mol. The summed E-state index contributed by atoms with van der Waals surface area (Å²) < 4.78 is 4.28. The van der Waals surface area contributed by atoms with Crippen molar-refractivity contribution < 1.29 is 29.3 Å². The maximum atomic E-state index is 10.8. The van der Waals surface area contributed by atoms with Crippen LogP contribution in [-0.4, -0.2) is 58.9 Å². The van der Waals surface area contributed by atoms with Crippen LogP contribution < -0.4 is 11.1 Å². The van der Waals surface area contributed by atoms with Crippen molar-refractivity contribution in [2.75, 3.05) is 18.6 Å². The van der Waals surface area contributed by atoms with E-state index in [1.165, 1.54) is 0 Å². The van der Waals surface area contributed by atoms with Gasteiger partial charge in [0.2, 0.25) is 0 Å². The maximum Gasteiger partial charge on any atom is 0.407 e. The zero-order valence-corrected chi connectivity index (χ0v) is 11.1. The lowest BCUT2D eigenvalue weighted by Gasteiger charge is -2.13. The van der Waals surface area contributed by atoms with Gasteiger partial charge in [-0.15, -0.1) is 0 Å². The fraction of sp³-hybridized carbons (Fsp3) is 0.625. The summed E-state index contributed by atoms with van der Waals surface area (Å²) in [5.74, 6) is -2.10. The van der Waals surface area contributed by atoms with E-state index in [4.69, 9.17) is 15.9 Å². The van der Waals surface area contributed by atoms with Crippen LogP contribution in [0, 0.1) is 0 Å². The van der Waals surface area contributed by atoms with Gasteiger partial charge in [0, 0.05) is 11.5 Å². The second kappa shape index (κ2) is 8.89. The first-order valence-electron chi connectivity index (χ1n) is 4.68. The van der Waals surface area contributed by atoms with Crippen molar-refractivity contribution >= 4 is 39.6 Å². The van der Waals surface area contributed by atoms with Crippen LogP contribution in [0.5, 0.6) is 0 Å². The Balaban J connectivity index is 3.95. The third-order valence-corrected chi connectivity index (χ3v) is 4.11. The van der Waals surface area contributed by atoms with Crippen molar-refractivity contribution in [2.45, 2.75) is 12.1 Å². The standard InChI is InChI=1S/C8H14N2O6S2/c1-16-8(15)10-5(7(13)14)3-18-17-2-4(9)6(11)12/h4-5H,2-3,9H2,1H3,(H,10,15)(H,11,12)(H,13,14)/t4-,5-/m0/s1. The Labute approximate surface area is 111 Å². The number of carboxylic acids is 2. The molecule has 0 saturated carbocycles. The van der Waals surface area contributed by atoms with E-state index in [0.29, 0.717) is 0 Å². The van der Waals surface area contributed by atoms with Gasteiger partial charge in [-0.2, -0.15) is 0 Å². The number of carbonyl (C=O) groups excluding carboxylic acids is 1. The number of carbonyl (C=O) groups is 3. The first kappa shape index (κ1) is 16.9. The maximum absolute atomic E-state index is 10.8. The average Bonchev–Trinajstić information content (AvgIpc) is 2.31. The molecule has 1 amide bonds. The summed E-state index contributed by atoms with van der Waals surface area (Å²) in [7, 11) is 3.36. The first-order valence-corrected chi connectivity index (χ1v) is 7.17. The van der Waals surface area contributed by atoms with Gasteiger partial charge in [-0.3, -0.25) is 4.79 Å². The molecule has 0 aromatic rings. The molecule has 0 aliphatic carbocycles. The van der Waals surface area contributed by atoms with Crippen LogP contribution in [0.2, 0.25) is 0 Å². The van der Waals surface area contributed by atoms with Gasteiger partial charge in [-0.05, 0) is 0 Å². The Hall–Kier alpha value is -1.13. The Morgan fingerprint density at radius 1 is 1.22 bits per heavy atom. The van der Waals surface area contributed by atoms with Crippen LogP contribution in [0.3, 0.4) is 0 Å². The molecule has 104 valence electrons. The normalized spacial score (nSPS) is 13.4. The minimum Gasteiger partial charge on any atom is -0.480 e. The summed E-state index contributed by atoms with van der Waals surface area (Å²) >= 11 is 0. The predicted molar refractivity (Wildman–Crippen MR) is 67.5 cm³/mol. The third-order valence-electron chi connectivity index (χ3n) is 1.66. The van der Waals surface area contributed by atoms with Gasteiger partial charge in [-0.25, -0.2) is 9.59 Å². The number of aliphatic carboxylic acids is 2. The zero-order chi connectivity index (χ0) is 14.1. The molecule has 0 heterocycles. The van der Waals surface area contributed by atoms with Crippen molar-refractivity contribution in [1.82, 2.24) is 5.32 Å². The number of carboxylic acid groups (broad SMARTS) is 2. The van der Waals surface area contributed by atoms with E-state index in [1.807, 2.05) is 0 Å². The lowest BCUT2D eigenvalue weighted by Crippen LogP contribution is -2.42. The molecule has 0 aromatic carbocycles. The van der Waals surface area contributed by atoms with Crippen molar-refractivity contribution in [1.29, 1.82) is 0 Å².